The summed E-state index contributed by atoms with van der Waals surface area (Å²) in [7, 11) is 4.26. The van der Waals surface area contributed by atoms with Crippen molar-refractivity contribution in [1.29, 1.82) is 0 Å². The summed E-state index contributed by atoms with van der Waals surface area (Å²) in [4.78, 5) is 28.2. The molecule has 0 aromatic carbocycles. The van der Waals surface area contributed by atoms with Crippen LogP contribution in [0.25, 0.3) is 22.1 Å². The lowest BCUT2D eigenvalue weighted by Crippen LogP contribution is -2.49. The molecule has 2 aliphatic rings. The first-order chi connectivity index (χ1) is 17.5. The third-order valence-corrected chi connectivity index (χ3v) is 7.90. The van der Waals surface area contributed by atoms with Gasteiger partial charge < -0.3 is 30.4 Å². The molecule has 2 saturated heterocycles. The molecular weight excluding hydrogens is 452 g/mol. The van der Waals surface area contributed by atoms with Crippen molar-refractivity contribution in [2.45, 2.75) is 38.8 Å². The number of nitrogens with zero attached hydrogens (tertiary/aromatic N) is 6. The van der Waals surface area contributed by atoms with Crippen molar-refractivity contribution in [3.63, 3.8) is 0 Å². The van der Waals surface area contributed by atoms with Gasteiger partial charge in [0.1, 0.15) is 35.6 Å². The molecule has 4 N–H and O–H groups in total. The third kappa shape index (κ3) is 4.87. The van der Waals surface area contributed by atoms with Crippen LogP contribution in [0.15, 0.2) is 37.2 Å². The largest absolute Gasteiger partial charge is 0.354 e. The van der Waals surface area contributed by atoms with Crippen molar-refractivity contribution in [3.05, 3.63) is 37.2 Å². The normalized spacial score (nSPS) is 24.3. The molecule has 192 valence electrons. The summed E-state index contributed by atoms with van der Waals surface area (Å²) in [6, 6.07) is 5.07. The molecule has 6 rings (SSSR count). The molecule has 0 radical (unpaired) electrons. The number of rotatable bonds is 4. The van der Waals surface area contributed by atoms with Gasteiger partial charge in [-0.1, -0.05) is 13.8 Å². The molecule has 0 spiro atoms. The van der Waals surface area contributed by atoms with Gasteiger partial charge in [-0.3, -0.25) is 0 Å². The van der Waals surface area contributed by atoms with E-state index in [0.29, 0.717) is 23.9 Å². The molecular formula is C26H38N10. The van der Waals surface area contributed by atoms with E-state index in [1.807, 2.05) is 24.5 Å². The van der Waals surface area contributed by atoms with Gasteiger partial charge in [0, 0.05) is 51.7 Å². The van der Waals surface area contributed by atoms with E-state index >= 15 is 0 Å². The van der Waals surface area contributed by atoms with Gasteiger partial charge in [-0.25, -0.2) is 19.9 Å². The van der Waals surface area contributed by atoms with E-state index in [1.165, 1.54) is 12.8 Å². The highest BCUT2D eigenvalue weighted by molar-refractivity contribution is 5.88. The molecule has 2 aliphatic heterocycles. The second kappa shape index (κ2) is 10.8. The zero-order chi connectivity index (χ0) is 25.1. The lowest BCUT2D eigenvalue weighted by Gasteiger charge is -2.37. The minimum atomic E-state index is 0.492. The number of H-pyrrole nitrogens is 2. The lowest BCUT2D eigenvalue weighted by atomic mass is 9.93. The molecule has 0 aliphatic carbocycles. The Balaban J connectivity index is 0.000000148. The fourth-order valence-electron chi connectivity index (χ4n) is 5.58. The predicted molar refractivity (Wildman–Crippen MR) is 145 cm³/mol. The molecule has 0 bridgehead atoms. The summed E-state index contributed by atoms with van der Waals surface area (Å²) >= 11 is 0. The van der Waals surface area contributed by atoms with Crippen molar-refractivity contribution >= 4 is 33.7 Å². The van der Waals surface area contributed by atoms with Gasteiger partial charge in [0.15, 0.2) is 0 Å². The minimum Gasteiger partial charge on any atom is -0.354 e. The SMILES string of the molecule is C[C@@H]1CCNC[C@H]1N(C)c1ncnc2[nH]ccc12.C[C@H]1CCNC[C@@H]1N(C)c1ncnc2[nH]ccc12. The van der Waals surface area contributed by atoms with Crippen LogP contribution in [0.4, 0.5) is 11.6 Å². The minimum absolute atomic E-state index is 0.492. The van der Waals surface area contributed by atoms with Gasteiger partial charge in [0.05, 0.1) is 10.8 Å². The molecule has 6 heterocycles. The van der Waals surface area contributed by atoms with Crippen molar-refractivity contribution in [1.82, 2.24) is 40.5 Å². The summed E-state index contributed by atoms with van der Waals surface area (Å²) < 4.78 is 0. The molecule has 2 fully saturated rings. The number of hydrogen-bond donors (Lipinski definition) is 4. The van der Waals surface area contributed by atoms with E-state index in [1.54, 1.807) is 12.7 Å². The topological polar surface area (TPSA) is 114 Å². The van der Waals surface area contributed by atoms with Crippen molar-refractivity contribution in [3.8, 4) is 0 Å². The number of hydrogen-bond acceptors (Lipinski definition) is 8. The van der Waals surface area contributed by atoms with Gasteiger partial charge in [-0.05, 0) is 49.9 Å². The second-order valence-electron chi connectivity index (χ2n) is 10.2. The highest BCUT2D eigenvalue weighted by Gasteiger charge is 2.27. The fraction of sp³-hybridized carbons (Fsp3) is 0.538. The summed E-state index contributed by atoms with van der Waals surface area (Å²) in [5.41, 5.74) is 1.81. The molecule has 4 atom stereocenters. The Kier molecular flexibility index (Phi) is 7.33. The Morgan fingerprint density at radius 2 is 1.14 bits per heavy atom. The maximum absolute atomic E-state index is 4.46. The maximum atomic E-state index is 4.46. The highest BCUT2D eigenvalue weighted by atomic mass is 15.2. The Morgan fingerprint density at radius 1 is 0.694 bits per heavy atom. The number of piperidine rings is 2. The van der Waals surface area contributed by atoms with Gasteiger partial charge >= 0.3 is 0 Å². The van der Waals surface area contributed by atoms with E-state index in [-0.39, 0.29) is 0 Å². The van der Waals surface area contributed by atoms with E-state index < -0.39 is 0 Å². The third-order valence-electron chi connectivity index (χ3n) is 7.90. The van der Waals surface area contributed by atoms with Crippen LogP contribution in [-0.4, -0.2) is 82.3 Å². The van der Waals surface area contributed by atoms with Crippen LogP contribution in [0.5, 0.6) is 0 Å². The van der Waals surface area contributed by atoms with Crippen LogP contribution in [0.1, 0.15) is 26.7 Å². The van der Waals surface area contributed by atoms with E-state index in [9.17, 15) is 0 Å². The number of fused-ring (bicyclic) bond motifs is 2. The molecule has 10 heteroatoms. The average Bonchev–Trinajstić information content (AvgIpc) is 3.58. The highest BCUT2D eigenvalue weighted by Crippen LogP contribution is 2.27. The Hall–Kier alpha value is -3.24. The smallest absolute Gasteiger partial charge is 0.142 e. The van der Waals surface area contributed by atoms with Crippen molar-refractivity contribution in [2.24, 2.45) is 11.8 Å². The summed E-state index contributed by atoms with van der Waals surface area (Å²) in [5, 5.41) is 9.12. The van der Waals surface area contributed by atoms with Gasteiger partial charge in [-0.2, -0.15) is 0 Å². The fourth-order valence-corrected chi connectivity index (χ4v) is 5.58. The van der Waals surface area contributed by atoms with Crippen LogP contribution in [0.2, 0.25) is 0 Å². The first-order valence-electron chi connectivity index (χ1n) is 13.0. The van der Waals surface area contributed by atoms with Crippen LogP contribution in [-0.2, 0) is 0 Å². The number of likely N-dealkylation sites (N-methyl/N-ethyl adjacent to an activating group) is 2. The van der Waals surface area contributed by atoms with Crippen LogP contribution in [0.3, 0.4) is 0 Å². The van der Waals surface area contributed by atoms with E-state index in [2.05, 4.69) is 78.3 Å². The zero-order valence-electron chi connectivity index (χ0n) is 21.7. The molecule has 0 saturated carbocycles. The van der Waals surface area contributed by atoms with Gasteiger partial charge in [0.25, 0.3) is 0 Å². The standard InChI is InChI=1S/2C13H19N5/c2*1-9-3-5-14-7-11(9)18(2)13-10-4-6-15-12(10)16-8-17-13/h2*4,6,8-9,11,14H,3,5,7H2,1-2H3,(H,15,16,17)/t2*9-,11-/m10/s1. The first-order valence-corrected chi connectivity index (χ1v) is 13.0. The molecule has 0 unspecified atom stereocenters. The Morgan fingerprint density at radius 3 is 1.56 bits per heavy atom. The van der Waals surface area contributed by atoms with E-state index in [0.717, 1.165) is 59.9 Å². The zero-order valence-corrected chi connectivity index (χ0v) is 21.7. The predicted octanol–water partition coefficient (Wildman–Crippen LogP) is 2.78. The molecule has 4 aromatic heterocycles. The first kappa shape index (κ1) is 24.5. The lowest BCUT2D eigenvalue weighted by molar-refractivity contribution is 0.337. The van der Waals surface area contributed by atoms with Crippen LogP contribution >= 0.6 is 0 Å². The van der Waals surface area contributed by atoms with Crippen LogP contribution < -0.4 is 20.4 Å². The van der Waals surface area contributed by atoms with Crippen molar-refractivity contribution < 1.29 is 0 Å². The van der Waals surface area contributed by atoms with Crippen LogP contribution in [0, 0.1) is 11.8 Å². The molecule has 10 nitrogen and oxygen atoms in total. The number of nitrogens with one attached hydrogen (secondary N) is 4. The number of aromatic amines is 2. The number of anilines is 2. The molecule has 0 amide bonds. The average molecular weight is 491 g/mol. The molecule has 4 aromatic rings. The quantitative estimate of drug-likeness (QED) is 0.345. The summed E-state index contributed by atoms with van der Waals surface area (Å²) in [6.07, 6.45) is 9.53. The van der Waals surface area contributed by atoms with E-state index in [4.69, 9.17) is 0 Å². The second-order valence-corrected chi connectivity index (χ2v) is 10.2. The van der Waals surface area contributed by atoms with Crippen molar-refractivity contribution in [2.75, 3.05) is 50.1 Å². The van der Waals surface area contributed by atoms with Gasteiger partial charge in [-0.15, -0.1) is 0 Å². The monoisotopic (exact) mass is 490 g/mol. The maximum Gasteiger partial charge on any atom is 0.142 e. The van der Waals surface area contributed by atoms with Gasteiger partial charge in [0.2, 0.25) is 0 Å². The Bertz CT molecular complexity index is 1170. The molecule has 36 heavy (non-hydrogen) atoms. The summed E-state index contributed by atoms with van der Waals surface area (Å²) in [6.45, 7) is 8.92. The number of aromatic nitrogens is 6. The summed E-state index contributed by atoms with van der Waals surface area (Å²) in [5.74, 6) is 3.39. The Labute approximate surface area is 212 Å².